The van der Waals surface area contributed by atoms with Crippen LogP contribution in [0, 0.1) is 0 Å². The molecule has 0 fully saturated rings. The molecule has 10 heteroatoms. The standard InChI is InChI=1S/C24H24N4O5S/c1-3-13-28-22(20-14-32-18-11-7-8-12-19(18)33-20)26-27-24(28)34-15-21(29)25-17-10-6-5-9-16(17)23(30)31-4-2/h3,5-12,20H,1,4,13-15H2,2H3,(H,25,29). The Hall–Kier alpha value is -3.79. The van der Waals surface area contributed by atoms with Crippen LogP contribution < -0.4 is 14.8 Å². The number of aromatic nitrogens is 3. The molecule has 0 spiro atoms. The number of benzene rings is 2. The highest BCUT2D eigenvalue weighted by atomic mass is 32.2. The number of thioether (sulfide) groups is 1. The van der Waals surface area contributed by atoms with Gasteiger partial charge in [0.25, 0.3) is 0 Å². The zero-order valence-corrected chi connectivity index (χ0v) is 19.4. The van der Waals surface area contributed by atoms with Crippen molar-refractivity contribution in [2.45, 2.75) is 24.7 Å². The maximum Gasteiger partial charge on any atom is 0.340 e. The molecule has 2 heterocycles. The van der Waals surface area contributed by atoms with Gasteiger partial charge in [-0.1, -0.05) is 42.1 Å². The molecule has 1 N–H and O–H groups in total. The molecule has 2 aromatic carbocycles. The van der Waals surface area contributed by atoms with E-state index < -0.39 is 12.1 Å². The number of carbonyl (C=O) groups excluding carboxylic acids is 2. The van der Waals surface area contributed by atoms with Gasteiger partial charge in [0, 0.05) is 6.54 Å². The molecule has 0 saturated heterocycles. The fourth-order valence-corrected chi connectivity index (χ4v) is 4.14. The molecule has 9 nitrogen and oxygen atoms in total. The summed E-state index contributed by atoms with van der Waals surface area (Å²) in [6.45, 7) is 6.53. The predicted octanol–water partition coefficient (Wildman–Crippen LogP) is 3.88. The number of nitrogens with one attached hydrogen (secondary N) is 1. The number of fused-ring (bicyclic) bond motifs is 1. The second-order valence-corrected chi connectivity index (χ2v) is 8.15. The van der Waals surface area contributed by atoms with E-state index in [9.17, 15) is 9.59 Å². The van der Waals surface area contributed by atoms with Crippen LogP contribution in [-0.4, -0.2) is 45.6 Å². The Morgan fingerprint density at radius 1 is 1.21 bits per heavy atom. The van der Waals surface area contributed by atoms with Crippen LogP contribution in [0.3, 0.4) is 0 Å². The van der Waals surface area contributed by atoms with Gasteiger partial charge in [0.05, 0.1) is 23.6 Å². The van der Waals surface area contributed by atoms with E-state index in [1.807, 2.05) is 28.8 Å². The first kappa shape index (κ1) is 23.4. The molecule has 34 heavy (non-hydrogen) atoms. The summed E-state index contributed by atoms with van der Waals surface area (Å²) < 4.78 is 18.8. The van der Waals surface area contributed by atoms with Gasteiger partial charge in [-0.25, -0.2) is 4.79 Å². The van der Waals surface area contributed by atoms with Crippen molar-refractivity contribution in [3.8, 4) is 11.5 Å². The summed E-state index contributed by atoms with van der Waals surface area (Å²) in [4.78, 5) is 24.8. The minimum atomic E-state index is -0.488. The molecular weight excluding hydrogens is 456 g/mol. The van der Waals surface area contributed by atoms with Crippen LogP contribution in [0.2, 0.25) is 0 Å². The summed E-state index contributed by atoms with van der Waals surface area (Å²) in [5, 5.41) is 11.9. The maximum absolute atomic E-state index is 12.6. The Morgan fingerprint density at radius 2 is 1.97 bits per heavy atom. The van der Waals surface area contributed by atoms with E-state index in [1.54, 1.807) is 37.3 Å². The Bertz CT molecular complexity index is 1200. The molecule has 176 valence electrons. The van der Waals surface area contributed by atoms with Gasteiger partial charge in [-0.3, -0.25) is 9.36 Å². The number of anilines is 1. The molecule has 4 rings (SSSR count). The van der Waals surface area contributed by atoms with E-state index in [-0.39, 0.29) is 18.3 Å². The first-order chi connectivity index (χ1) is 16.6. The lowest BCUT2D eigenvalue weighted by Gasteiger charge is -2.26. The summed E-state index contributed by atoms with van der Waals surface area (Å²) in [5.41, 5.74) is 0.695. The first-order valence-corrected chi connectivity index (χ1v) is 11.7. The third-order valence-corrected chi connectivity index (χ3v) is 5.85. The molecule has 0 bridgehead atoms. The van der Waals surface area contributed by atoms with Gasteiger partial charge >= 0.3 is 5.97 Å². The molecule has 1 atom stereocenters. The van der Waals surface area contributed by atoms with Crippen LogP contribution in [-0.2, 0) is 16.1 Å². The molecule has 0 saturated carbocycles. The van der Waals surface area contributed by atoms with Crippen molar-refractivity contribution in [2.24, 2.45) is 0 Å². The number of hydrogen-bond acceptors (Lipinski definition) is 8. The third-order valence-electron chi connectivity index (χ3n) is 4.88. The van der Waals surface area contributed by atoms with Gasteiger partial charge in [0.15, 0.2) is 28.6 Å². The van der Waals surface area contributed by atoms with E-state index in [0.29, 0.717) is 46.9 Å². The van der Waals surface area contributed by atoms with Crippen molar-refractivity contribution in [2.75, 3.05) is 24.3 Å². The van der Waals surface area contributed by atoms with E-state index in [2.05, 4.69) is 22.1 Å². The highest BCUT2D eigenvalue weighted by molar-refractivity contribution is 7.99. The number of para-hydroxylation sites is 3. The van der Waals surface area contributed by atoms with Gasteiger partial charge < -0.3 is 19.5 Å². The quantitative estimate of drug-likeness (QED) is 0.280. The Morgan fingerprint density at radius 3 is 2.76 bits per heavy atom. The third kappa shape index (κ3) is 5.23. The number of allylic oxidation sites excluding steroid dienone is 1. The zero-order chi connectivity index (χ0) is 23.9. The Kier molecular flexibility index (Phi) is 7.48. The second-order valence-electron chi connectivity index (χ2n) is 7.21. The first-order valence-electron chi connectivity index (χ1n) is 10.7. The molecule has 0 radical (unpaired) electrons. The van der Waals surface area contributed by atoms with E-state index >= 15 is 0 Å². The van der Waals surface area contributed by atoms with Crippen LogP contribution >= 0.6 is 11.8 Å². The maximum atomic E-state index is 12.6. The molecule has 3 aromatic rings. The van der Waals surface area contributed by atoms with Crippen molar-refractivity contribution in [1.29, 1.82) is 0 Å². The van der Waals surface area contributed by atoms with Gasteiger partial charge in [-0.05, 0) is 31.2 Å². The van der Waals surface area contributed by atoms with Gasteiger partial charge in [0.1, 0.15) is 6.61 Å². The monoisotopic (exact) mass is 480 g/mol. The molecule has 1 aromatic heterocycles. The highest BCUT2D eigenvalue weighted by Gasteiger charge is 2.28. The Balaban J connectivity index is 1.44. The summed E-state index contributed by atoms with van der Waals surface area (Å²) in [6, 6.07) is 14.2. The minimum absolute atomic E-state index is 0.0668. The SMILES string of the molecule is C=CCn1c(SCC(=O)Nc2ccccc2C(=O)OCC)nnc1C1COc2ccccc2O1. The molecule has 0 aliphatic carbocycles. The van der Waals surface area contributed by atoms with Crippen LogP contribution in [0.1, 0.15) is 29.2 Å². The van der Waals surface area contributed by atoms with Gasteiger partial charge in [-0.15, -0.1) is 16.8 Å². The highest BCUT2D eigenvalue weighted by Crippen LogP contribution is 2.36. The normalized spacial score (nSPS) is 14.3. The number of nitrogens with zero attached hydrogens (tertiary/aromatic N) is 3. The minimum Gasteiger partial charge on any atom is -0.485 e. The lowest BCUT2D eigenvalue weighted by Crippen LogP contribution is -2.25. The van der Waals surface area contributed by atoms with Crippen molar-refractivity contribution >= 4 is 29.3 Å². The van der Waals surface area contributed by atoms with Crippen molar-refractivity contribution in [3.63, 3.8) is 0 Å². The second kappa shape index (κ2) is 10.9. The van der Waals surface area contributed by atoms with Gasteiger partial charge in [0.2, 0.25) is 5.91 Å². The number of rotatable bonds is 9. The van der Waals surface area contributed by atoms with Crippen molar-refractivity contribution in [3.05, 3.63) is 72.6 Å². The zero-order valence-electron chi connectivity index (χ0n) is 18.6. The van der Waals surface area contributed by atoms with Crippen LogP contribution in [0.25, 0.3) is 0 Å². The lowest BCUT2D eigenvalue weighted by molar-refractivity contribution is -0.113. The van der Waals surface area contributed by atoms with Crippen molar-refractivity contribution in [1.82, 2.24) is 14.8 Å². The van der Waals surface area contributed by atoms with E-state index in [0.717, 1.165) is 0 Å². The van der Waals surface area contributed by atoms with Gasteiger partial charge in [-0.2, -0.15) is 0 Å². The smallest absolute Gasteiger partial charge is 0.340 e. The number of hydrogen-bond donors (Lipinski definition) is 1. The van der Waals surface area contributed by atoms with E-state index in [1.165, 1.54) is 11.8 Å². The molecule has 1 amide bonds. The number of esters is 1. The average Bonchev–Trinajstić information content (AvgIpc) is 3.25. The largest absolute Gasteiger partial charge is 0.485 e. The molecule has 1 unspecified atom stereocenters. The Labute approximate surface area is 201 Å². The number of amides is 1. The number of ether oxygens (including phenoxy) is 3. The summed E-state index contributed by atoms with van der Waals surface area (Å²) >= 11 is 1.23. The molecule has 1 aliphatic rings. The molecular formula is C24H24N4O5S. The van der Waals surface area contributed by atoms with Crippen molar-refractivity contribution < 1.29 is 23.8 Å². The van der Waals surface area contributed by atoms with Crippen LogP contribution in [0.4, 0.5) is 5.69 Å². The summed E-state index contributed by atoms with van der Waals surface area (Å²) in [6.07, 6.45) is 1.28. The van der Waals surface area contributed by atoms with E-state index in [4.69, 9.17) is 14.2 Å². The summed E-state index contributed by atoms with van der Waals surface area (Å²) in [7, 11) is 0. The summed E-state index contributed by atoms with van der Waals surface area (Å²) in [5.74, 6) is 1.20. The predicted molar refractivity (Wildman–Crippen MR) is 127 cm³/mol. The topological polar surface area (TPSA) is 105 Å². The average molecular weight is 481 g/mol. The molecule has 1 aliphatic heterocycles. The fraction of sp³-hybridized carbons (Fsp3) is 0.250. The fourth-order valence-electron chi connectivity index (χ4n) is 3.39. The number of carbonyl (C=O) groups is 2. The lowest BCUT2D eigenvalue weighted by atomic mass is 10.2. The van der Waals surface area contributed by atoms with Crippen LogP contribution in [0.15, 0.2) is 66.3 Å². The van der Waals surface area contributed by atoms with Crippen LogP contribution in [0.5, 0.6) is 11.5 Å².